The van der Waals surface area contributed by atoms with E-state index in [-0.39, 0.29) is 18.4 Å². The number of rotatable bonds is 6. The fourth-order valence-electron chi connectivity index (χ4n) is 2.38. The molecule has 0 radical (unpaired) electrons. The summed E-state index contributed by atoms with van der Waals surface area (Å²) in [5, 5.41) is 2.76. The summed E-state index contributed by atoms with van der Waals surface area (Å²) in [6.07, 6.45) is 0.667. The molecule has 0 spiro atoms. The summed E-state index contributed by atoms with van der Waals surface area (Å²) in [6.45, 7) is 5.01. The number of benzene rings is 1. The van der Waals surface area contributed by atoms with Crippen molar-refractivity contribution in [2.24, 2.45) is 5.92 Å². The largest absolute Gasteiger partial charge is 0.492 e. The van der Waals surface area contributed by atoms with E-state index in [1.165, 1.54) is 0 Å². The van der Waals surface area contributed by atoms with Crippen LogP contribution in [0.3, 0.4) is 0 Å². The Labute approximate surface area is 125 Å². The van der Waals surface area contributed by atoms with E-state index in [1.807, 2.05) is 44.2 Å². The first-order chi connectivity index (χ1) is 10.1. The van der Waals surface area contributed by atoms with Crippen LogP contribution in [-0.4, -0.2) is 42.5 Å². The number of para-hydroxylation sites is 1. The van der Waals surface area contributed by atoms with Crippen molar-refractivity contribution in [3.05, 3.63) is 30.3 Å². The van der Waals surface area contributed by atoms with Crippen LogP contribution in [0.1, 0.15) is 20.3 Å². The summed E-state index contributed by atoms with van der Waals surface area (Å²) in [5.74, 6) is 1.02. The number of amides is 2. The molecule has 5 nitrogen and oxygen atoms in total. The lowest BCUT2D eigenvalue weighted by Crippen LogP contribution is -2.58. The quantitative estimate of drug-likeness (QED) is 0.862. The molecule has 114 valence electrons. The SMILES string of the molecule is CC(C)CC1NC(=O)CN(CCOc2ccccc2)C1=O. The van der Waals surface area contributed by atoms with Gasteiger partial charge in [-0.2, -0.15) is 0 Å². The molecule has 1 aliphatic heterocycles. The van der Waals surface area contributed by atoms with Gasteiger partial charge in [-0.05, 0) is 24.5 Å². The molecule has 0 aliphatic carbocycles. The molecule has 1 fully saturated rings. The van der Waals surface area contributed by atoms with Gasteiger partial charge < -0.3 is 15.0 Å². The highest BCUT2D eigenvalue weighted by Crippen LogP contribution is 2.12. The zero-order valence-corrected chi connectivity index (χ0v) is 12.5. The molecule has 1 saturated heterocycles. The summed E-state index contributed by atoms with van der Waals surface area (Å²) in [7, 11) is 0. The minimum absolute atomic E-state index is 0.0139. The van der Waals surface area contributed by atoms with Crippen LogP contribution in [0.15, 0.2) is 30.3 Å². The standard InChI is InChI=1S/C16H22N2O3/c1-12(2)10-14-16(20)18(11-15(19)17-14)8-9-21-13-6-4-3-5-7-13/h3-7,12,14H,8-11H2,1-2H3,(H,17,19). The molecule has 1 aromatic rings. The van der Waals surface area contributed by atoms with Gasteiger partial charge in [-0.3, -0.25) is 9.59 Å². The van der Waals surface area contributed by atoms with E-state index >= 15 is 0 Å². The Morgan fingerprint density at radius 2 is 2.00 bits per heavy atom. The fraction of sp³-hybridized carbons (Fsp3) is 0.500. The Morgan fingerprint density at radius 3 is 2.67 bits per heavy atom. The van der Waals surface area contributed by atoms with Crippen LogP contribution in [0, 0.1) is 5.92 Å². The summed E-state index contributed by atoms with van der Waals surface area (Å²) in [4.78, 5) is 25.6. The van der Waals surface area contributed by atoms with Crippen LogP contribution in [0.25, 0.3) is 0 Å². The maximum absolute atomic E-state index is 12.3. The molecule has 21 heavy (non-hydrogen) atoms. The van der Waals surface area contributed by atoms with E-state index < -0.39 is 6.04 Å². The zero-order chi connectivity index (χ0) is 15.2. The minimum atomic E-state index is -0.400. The van der Waals surface area contributed by atoms with E-state index in [1.54, 1.807) is 4.90 Å². The van der Waals surface area contributed by atoms with Crippen molar-refractivity contribution < 1.29 is 14.3 Å². The van der Waals surface area contributed by atoms with E-state index in [0.717, 1.165) is 5.75 Å². The van der Waals surface area contributed by atoms with Crippen molar-refractivity contribution in [3.8, 4) is 5.75 Å². The topological polar surface area (TPSA) is 58.6 Å². The fourth-order valence-corrected chi connectivity index (χ4v) is 2.38. The Hall–Kier alpha value is -2.04. The molecule has 5 heteroatoms. The lowest BCUT2D eigenvalue weighted by atomic mass is 10.0. The smallest absolute Gasteiger partial charge is 0.245 e. The maximum Gasteiger partial charge on any atom is 0.245 e. The zero-order valence-electron chi connectivity index (χ0n) is 12.5. The second-order valence-electron chi connectivity index (χ2n) is 5.67. The van der Waals surface area contributed by atoms with Gasteiger partial charge in [-0.1, -0.05) is 32.0 Å². The average molecular weight is 290 g/mol. The van der Waals surface area contributed by atoms with Gasteiger partial charge in [-0.25, -0.2) is 0 Å². The molecule has 1 aliphatic rings. The Balaban J connectivity index is 1.86. The van der Waals surface area contributed by atoms with Crippen molar-refractivity contribution in [1.29, 1.82) is 0 Å². The van der Waals surface area contributed by atoms with Crippen molar-refractivity contribution in [1.82, 2.24) is 10.2 Å². The number of hydrogen-bond acceptors (Lipinski definition) is 3. The maximum atomic E-state index is 12.3. The minimum Gasteiger partial charge on any atom is -0.492 e. The van der Waals surface area contributed by atoms with Crippen LogP contribution in [0.2, 0.25) is 0 Å². The molecule has 2 rings (SSSR count). The average Bonchev–Trinajstić information content (AvgIpc) is 2.44. The van der Waals surface area contributed by atoms with E-state index in [9.17, 15) is 9.59 Å². The highest BCUT2D eigenvalue weighted by Gasteiger charge is 2.32. The van der Waals surface area contributed by atoms with Crippen LogP contribution < -0.4 is 10.1 Å². The lowest BCUT2D eigenvalue weighted by Gasteiger charge is -2.33. The first-order valence-electron chi connectivity index (χ1n) is 7.32. The number of nitrogens with zero attached hydrogens (tertiary/aromatic N) is 1. The summed E-state index contributed by atoms with van der Waals surface area (Å²) in [5.41, 5.74) is 0. The first-order valence-corrected chi connectivity index (χ1v) is 7.32. The third kappa shape index (κ3) is 4.48. The van der Waals surface area contributed by atoms with Gasteiger partial charge in [0.15, 0.2) is 0 Å². The number of ether oxygens (including phenoxy) is 1. The van der Waals surface area contributed by atoms with Crippen molar-refractivity contribution >= 4 is 11.8 Å². The van der Waals surface area contributed by atoms with Crippen LogP contribution in [-0.2, 0) is 9.59 Å². The molecule has 0 saturated carbocycles. The molecule has 0 bridgehead atoms. The highest BCUT2D eigenvalue weighted by molar-refractivity contribution is 5.94. The molecule has 1 heterocycles. The van der Waals surface area contributed by atoms with Crippen LogP contribution in [0.5, 0.6) is 5.75 Å². The summed E-state index contributed by atoms with van der Waals surface area (Å²) < 4.78 is 5.58. The second-order valence-corrected chi connectivity index (χ2v) is 5.67. The Morgan fingerprint density at radius 1 is 1.29 bits per heavy atom. The van der Waals surface area contributed by atoms with Crippen LogP contribution >= 0.6 is 0 Å². The monoisotopic (exact) mass is 290 g/mol. The van der Waals surface area contributed by atoms with Gasteiger partial charge in [0.05, 0.1) is 13.1 Å². The lowest BCUT2D eigenvalue weighted by molar-refractivity contribution is -0.145. The first kappa shape index (κ1) is 15.4. The van der Waals surface area contributed by atoms with E-state index in [0.29, 0.717) is 25.5 Å². The molecule has 1 aromatic carbocycles. The molecular weight excluding hydrogens is 268 g/mol. The number of piperazine rings is 1. The number of carbonyl (C=O) groups is 2. The van der Waals surface area contributed by atoms with Gasteiger partial charge in [0.1, 0.15) is 18.4 Å². The van der Waals surface area contributed by atoms with Gasteiger partial charge in [0.2, 0.25) is 11.8 Å². The molecule has 1 atom stereocenters. The van der Waals surface area contributed by atoms with Crippen molar-refractivity contribution in [3.63, 3.8) is 0 Å². The second kappa shape index (κ2) is 7.11. The number of carbonyl (C=O) groups excluding carboxylic acids is 2. The van der Waals surface area contributed by atoms with Gasteiger partial charge in [0.25, 0.3) is 0 Å². The third-order valence-corrected chi connectivity index (χ3v) is 3.36. The van der Waals surface area contributed by atoms with Crippen molar-refractivity contribution in [2.45, 2.75) is 26.3 Å². The van der Waals surface area contributed by atoms with Crippen LogP contribution in [0.4, 0.5) is 0 Å². The van der Waals surface area contributed by atoms with Gasteiger partial charge in [0, 0.05) is 0 Å². The molecule has 0 aromatic heterocycles. The predicted octanol–water partition coefficient (Wildman–Crippen LogP) is 1.44. The number of nitrogens with one attached hydrogen (secondary N) is 1. The van der Waals surface area contributed by atoms with Gasteiger partial charge in [-0.15, -0.1) is 0 Å². The highest BCUT2D eigenvalue weighted by atomic mass is 16.5. The van der Waals surface area contributed by atoms with E-state index in [2.05, 4.69) is 5.32 Å². The molecule has 1 unspecified atom stereocenters. The third-order valence-electron chi connectivity index (χ3n) is 3.36. The predicted molar refractivity (Wildman–Crippen MR) is 79.9 cm³/mol. The molecule has 1 N–H and O–H groups in total. The van der Waals surface area contributed by atoms with Crippen molar-refractivity contribution in [2.75, 3.05) is 19.7 Å². The molecular formula is C16H22N2O3. The summed E-state index contributed by atoms with van der Waals surface area (Å²) in [6, 6.07) is 9.05. The van der Waals surface area contributed by atoms with Gasteiger partial charge >= 0.3 is 0 Å². The van der Waals surface area contributed by atoms with E-state index in [4.69, 9.17) is 4.74 Å². The Bertz CT molecular complexity index is 488. The normalized spacial score (nSPS) is 18.8. The summed E-state index contributed by atoms with van der Waals surface area (Å²) >= 11 is 0. The molecule has 2 amide bonds. The number of hydrogen-bond donors (Lipinski definition) is 1. The Kier molecular flexibility index (Phi) is 5.20.